The van der Waals surface area contributed by atoms with Gasteiger partial charge in [0.15, 0.2) is 17.2 Å². The second kappa shape index (κ2) is 11.1. The van der Waals surface area contributed by atoms with Gasteiger partial charge in [-0.2, -0.15) is 18.3 Å². The lowest BCUT2D eigenvalue weighted by Crippen LogP contribution is -2.55. The van der Waals surface area contributed by atoms with Crippen LogP contribution in [0.5, 0.6) is 0 Å². The van der Waals surface area contributed by atoms with Gasteiger partial charge in [0.2, 0.25) is 0 Å². The fourth-order valence-electron chi connectivity index (χ4n) is 4.93. The number of nitrogens with zero attached hydrogens (tertiary/aromatic N) is 6. The number of carbonyl (C=O) groups is 2. The molecule has 0 spiro atoms. The minimum absolute atomic E-state index is 0.124. The first-order valence-electron chi connectivity index (χ1n) is 13.2. The molecule has 5 heterocycles. The van der Waals surface area contributed by atoms with Gasteiger partial charge in [0.1, 0.15) is 0 Å². The minimum Gasteiger partial charge on any atom is -0.338 e. The molecule has 4 aromatic rings. The Bertz CT molecular complexity index is 1630. The van der Waals surface area contributed by atoms with E-state index in [9.17, 15) is 22.8 Å². The molecule has 0 radical (unpaired) electrons. The number of fused-ring (bicyclic) bond motifs is 1. The van der Waals surface area contributed by atoms with Crippen molar-refractivity contribution < 1.29 is 22.8 Å². The molecule has 220 valence electrons. The zero-order chi connectivity index (χ0) is 29.4. The van der Waals surface area contributed by atoms with Gasteiger partial charge < -0.3 is 25.8 Å². The van der Waals surface area contributed by atoms with Gasteiger partial charge in [-0.25, -0.2) is 14.8 Å². The number of rotatable bonds is 6. The lowest BCUT2D eigenvalue weighted by molar-refractivity contribution is -0.140. The molecule has 2 aliphatic heterocycles. The van der Waals surface area contributed by atoms with E-state index >= 15 is 0 Å². The Labute approximate surface area is 242 Å². The molecule has 2 aliphatic rings. The molecule has 0 bridgehead atoms. The maximum absolute atomic E-state index is 13.4. The molecule has 3 amide bonds. The van der Waals surface area contributed by atoms with Crippen LogP contribution >= 0.6 is 11.6 Å². The summed E-state index contributed by atoms with van der Waals surface area (Å²) < 4.78 is 41.7. The molecule has 0 atom stereocenters. The topological polar surface area (TPSA) is 136 Å². The highest BCUT2D eigenvalue weighted by molar-refractivity contribution is 6.34. The number of benzene rings is 1. The summed E-state index contributed by atoms with van der Waals surface area (Å²) in [6, 6.07) is 4.70. The predicted molar refractivity (Wildman–Crippen MR) is 148 cm³/mol. The third kappa shape index (κ3) is 5.44. The van der Waals surface area contributed by atoms with Crippen LogP contribution in [-0.4, -0.2) is 92.1 Å². The Morgan fingerprint density at radius 2 is 1.86 bits per heavy atom. The van der Waals surface area contributed by atoms with Gasteiger partial charge >= 0.3 is 12.2 Å². The Morgan fingerprint density at radius 1 is 1.10 bits per heavy atom. The van der Waals surface area contributed by atoms with Gasteiger partial charge in [-0.1, -0.05) is 11.6 Å². The van der Waals surface area contributed by atoms with Crippen LogP contribution in [0.15, 0.2) is 43.0 Å². The SMILES string of the molecule is O=C(NCC1CNC1)N1CCN(C(=O)c2ccc(Nc3nccn4c(-c5c[nH]nc5C(F)(F)F)cnc34)cc2Cl)CC1. The fourth-order valence-corrected chi connectivity index (χ4v) is 5.19. The first kappa shape index (κ1) is 27.8. The van der Waals surface area contributed by atoms with Gasteiger partial charge in [-0.15, -0.1) is 0 Å². The number of piperazine rings is 1. The Balaban J connectivity index is 1.12. The van der Waals surface area contributed by atoms with Crippen LogP contribution in [0.25, 0.3) is 16.9 Å². The van der Waals surface area contributed by atoms with Crippen LogP contribution in [-0.2, 0) is 6.18 Å². The lowest BCUT2D eigenvalue weighted by Gasteiger charge is -2.35. The number of urea groups is 1. The summed E-state index contributed by atoms with van der Waals surface area (Å²) in [6.45, 7) is 4.06. The van der Waals surface area contributed by atoms with E-state index in [1.54, 1.807) is 28.0 Å². The number of halogens is 4. The molecule has 0 saturated carbocycles. The summed E-state index contributed by atoms with van der Waals surface area (Å²) in [5.74, 6) is 0.496. The average Bonchev–Trinajstić information content (AvgIpc) is 3.60. The van der Waals surface area contributed by atoms with Crippen LogP contribution in [0.4, 0.5) is 29.5 Å². The van der Waals surface area contributed by atoms with Crippen LogP contribution in [0.2, 0.25) is 5.02 Å². The lowest BCUT2D eigenvalue weighted by atomic mass is 10.0. The van der Waals surface area contributed by atoms with E-state index in [0.717, 1.165) is 19.3 Å². The number of hydrogen-bond acceptors (Lipinski definition) is 7. The standard InChI is InChI=1S/C26H26ClF3N10O2/c27-19-9-16(1-2-17(19)24(41)38-5-7-39(8-6-38)25(42)34-12-15-10-31-11-15)36-22-23-33-14-20(40(23)4-3-32-22)18-13-35-37-21(18)26(28,29)30/h1-4,9,13-15,31H,5-8,10-12H2,(H,32,36)(H,34,42)(H,35,37). The second-order valence-corrected chi connectivity index (χ2v) is 10.5. The van der Waals surface area contributed by atoms with Gasteiger partial charge in [-0.3, -0.25) is 14.3 Å². The fraction of sp³-hybridized carbons (Fsp3) is 0.346. The van der Waals surface area contributed by atoms with Crippen molar-refractivity contribution in [2.24, 2.45) is 5.92 Å². The normalized spacial score (nSPS) is 16.0. The van der Waals surface area contributed by atoms with Gasteiger partial charge in [0.05, 0.1) is 28.0 Å². The maximum Gasteiger partial charge on any atom is 0.435 e. The summed E-state index contributed by atoms with van der Waals surface area (Å²) in [5.41, 5.74) is 0.0866. The van der Waals surface area contributed by atoms with Crippen molar-refractivity contribution in [1.82, 2.24) is 45.0 Å². The number of imidazole rings is 1. The number of aromatic amines is 1. The summed E-state index contributed by atoms with van der Waals surface area (Å²) in [5, 5.41) is 15.0. The number of hydrogen-bond donors (Lipinski definition) is 4. The summed E-state index contributed by atoms with van der Waals surface area (Å²) in [4.78, 5) is 37.5. The summed E-state index contributed by atoms with van der Waals surface area (Å²) in [6.07, 6.45) is 0.765. The highest BCUT2D eigenvalue weighted by atomic mass is 35.5. The van der Waals surface area contributed by atoms with E-state index in [1.807, 2.05) is 0 Å². The number of carbonyl (C=O) groups excluding carboxylic acids is 2. The smallest absolute Gasteiger partial charge is 0.338 e. The molecule has 2 fully saturated rings. The number of alkyl halides is 3. The van der Waals surface area contributed by atoms with Crippen LogP contribution in [0.3, 0.4) is 0 Å². The molecule has 42 heavy (non-hydrogen) atoms. The summed E-state index contributed by atoms with van der Waals surface area (Å²) in [7, 11) is 0. The monoisotopic (exact) mass is 602 g/mol. The third-order valence-electron chi connectivity index (χ3n) is 7.34. The molecule has 1 aromatic carbocycles. The number of anilines is 2. The largest absolute Gasteiger partial charge is 0.435 e. The number of nitrogens with one attached hydrogen (secondary N) is 4. The molecular formula is C26H26ClF3N10O2. The van der Waals surface area contributed by atoms with E-state index in [-0.39, 0.29) is 39.7 Å². The maximum atomic E-state index is 13.4. The highest BCUT2D eigenvalue weighted by Gasteiger charge is 2.37. The van der Waals surface area contributed by atoms with Crippen LogP contribution < -0.4 is 16.0 Å². The quantitative estimate of drug-likeness (QED) is 0.266. The molecule has 0 aliphatic carbocycles. The van der Waals surface area contributed by atoms with Crippen molar-refractivity contribution in [1.29, 1.82) is 0 Å². The van der Waals surface area contributed by atoms with Gasteiger partial charge in [0, 0.05) is 76.0 Å². The van der Waals surface area contributed by atoms with Crippen molar-refractivity contribution >= 4 is 40.7 Å². The summed E-state index contributed by atoms with van der Waals surface area (Å²) >= 11 is 6.50. The molecular weight excluding hydrogens is 577 g/mol. The number of aromatic nitrogens is 5. The zero-order valence-corrected chi connectivity index (χ0v) is 22.8. The van der Waals surface area contributed by atoms with Crippen LogP contribution in [0.1, 0.15) is 16.1 Å². The molecule has 3 aromatic heterocycles. The van der Waals surface area contributed by atoms with E-state index in [0.29, 0.717) is 49.9 Å². The molecule has 0 unspecified atom stereocenters. The first-order chi connectivity index (χ1) is 20.2. The Morgan fingerprint density at radius 3 is 2.55 bits per heavy atom. The third-order valence-corrected chi connectivity index (χ3v) is 7.65. The van der Waals surface area contributed by atoms with Gasteiger partial charge in [0.25, 0.3) is 5.91 Å². The minimum atomic E-state index is -4.64. The molecule has 4 N–H and O–H groups in total. The average molecular weight is 603 g/mol. The van der Waals surface area contributed by atoms with E-state index in [1.165, 1.54) is 23.0 Å². The molecule has 12 nitrogen and oxygen atoms in total. The predicted octanol–water partition coefficient (Wildman–Crippen LogP) is 3.22. The van der Waals surface area contributed by atoms with Crippen molar-refractivity contribution in [2.75, 3.05) is 51.1 Å². The molecule has 2 saturated heterocycles. The first-order valence-corrected chi connectivity index (χ1v) is 13.6. The Hall–Kier alpha value is -4.37. The number of H-pyrrole nitrogens is 1. The zero-order valence-electron chi connectivity index (χ0n) is 22.1. The van der Waals surface area contributed by atoms with Crippen LogP contribution in [0, 0.1) is 5.92 Å². The van der Waals surface area contributed by atoms with E-state index < -0.39 is 11.9 Å². The van der Waals surface area contributed by atoms with Crippen molar-refractivity contribution in [3.63, 3.8) is 0 Å². The highest BCUT2D eigenvalue weighted by Crippen LogP contribution is 2.36. The second-order valence-electron chi connectivity index (χ2n) is 10.1. The van der Waals surface area contributed by atoms with E-state index in [2.05, 4.69) is 36.1 Å². The number of amides is 3. The Kier molecular flexibility index (Phi) is 7.36. The van der Waals surface area contributed by atoms with Crippen molar-refractivity contribution in [3.05, 3.63) is 59.3 Å². The van der Waals surface area contributed by atoms with Crippen molar-refractivity contribution in [2.45, 2.75) is 6.18 Å². The van der Waals surface area contributed by atoms with Gasteiger partial charge in [-0.05, 0) is 18.2 Å². The molecule has 6 rings (SSSR count). The van der Waals surface area contributed by atoms with E-state index in [4.69, 9.17) is 11.6 Å². The molecule has 16 heteroatoms. The van der Waals surface area contributed by atoms with Crippen molar-refractivity contribution in [3.8, 4) is 11.3 Å².